The second-order valence-corrected chi connectivity index (χ2v) is 3.70. The molecule has 0 radical (unpaired) electrons. The highest BCUT2D eigenvalue weighted by molar-refractivity contribution is 7.80. The van der Waals surface area contributed by atoms with E-state index >= 15 is 0 Å². The quantitative estimate of drug-likeness (QED) is 0.481. The third-order valence-corrected chi connectivity index (χ3v) is 2.22. The highest BCUT2D eigenvalue weighted by atomic mass is 32.1. The van der Waals surface area contributed by atoms with Crippen LogP contribution in [-0.2, 0) is 0 Å². The van der Waals surface area contributed by atoms with Crippen LogP contribution in [0, 0.1) is 0 Å². The fourth-order valence-corrected chi connectivity index (χ4v) is 1.62. The van der Waals surface area contributed by atoms with Crippen LogP contribution in [0.3, 0.4) is 0 Å². The molecule has 1 atom stereocenters. The van der Waals surface area contributed by atoms with E-state index < -0.39 is 11.5 Å². The zero-order valence-corrected chi connectivity index (χ0v) is 9.07. The molecule has 0 aliphatic heterocycles. The van der Waals surface area contributed by atoms with Crippen LogP contribution in [-0.4, -0.2) is 21.6 Å². The van der Waals surface area contributed by atoms with Gasteiger partial charge in [0.1, 0.15) is 0 Å². The Morgan fingerprint density at radius 2 is 2.19 bits per heavy atom. The summed E-state index contributed by atoms with van der Waals surface area (Å²) in [4.78, 5) is 13.8. The van der Waals surface area contributed by atoms with Crippen molar-refractivity contribution in [2.24, 2.45) is 5.73 Å². The van der Waals surface area contributed by atoms with E-state index in [1.54, 1.807) is 24.3 Å². The van der Waals surface area contributed by atoms with Crippen molar-refractivity contribution in [2.75, 3.05) is 0 Å². The van der Waals surface area contributed by atoms with Crippen molar-refractivity contribution in [3.05, 3.63) is 30.0 Å². The van der Waals surface area contributed by atoms with Gasteiger partial charge in [0.25, 0.3) is 0 Å². The molecule has 16 heavy (non-hydrogen) atoms. The summed E-state index contributed by atoms with van der Waals surface area (Å²) in [6, 6.07) is 7.11. The number of carboxylic acids is 1. The molecule has 0 fully saturated rings. The number of benzene rings is 1. The number of rotatable bonds is 3. The van der Waals surface area contributed by atoms with Gasteiger partial charge in [0.15, 0.2) is 17.0 Å². The van der Waals surface area contributed by atoms with Crippen LogP contribution < -0.4 is 10.5 Å². The van der Waals surface area contributed by atoms with Crippen molar-refractivity contribution >= 4 is 29.5 Å². The molecule has 0 spiro atoms. The van der Waals surface area contributed by atoms with E-state index in [-0.39, 0.29) is 11.4 Å². The Morgan fingerprint density at radius 1 is 1.50 bits per heavy atom. The van der Waals surface area contributed by atoms with Gasteiger partial charge in [0.05, 0.1) is 0 Å². The van der Waals surface area contributed by atoms with Crippen molar-refractivity contribution in [3.63, 3.8) is 0 Å². The summed E-state index contributed by atoms with van der Waals surface area (Å²) in [5.74, 6) is -0.884. The minimum atomic E-state index is -1.10. The van der Waals surface area contributed by atoms with Gasteiger partial charge < -0.3 is 14.8 Å². The number of para-hydroxylation sites is 1. The van der Waals surface area contributed by atoms with Gasteiger partial charge in [-0.15, -0.1) is 12.6 Å². The molecule has 0 aliphatic carbocycles. The van der Waals surface area contributed by atoms with Crippen LogP contribution in [0.25, 0.3) is 10.9 Å². The maximum atomic E-state index is 11.0. The minimum absolute atomic E-state index is 0.0225. The van der Waals surface area contributed by atoms with Gasteiger partial charge in [-0.3, -0.25) is 5.73 Å². The van der Waals surface area contributed by atoms with Crippen LogP contribution in [0.4, 0.5) is 0 Å². The number of carboxylic acid groups (broad SMARTS) is 1. The van der Waals surface area contributed by atoms with E-state index in [1.807, 2.05) is 0 Å². The van der Waals surface area contributed by atoms with Crippen LogP contribution in [0.1, 0.15) is 10.5 Å². The number of carbonyl (C=O) groups is 1. The van der Waals surface area contributed by atoms with Crippen molar-refractivity contribution < 1.29 is 14.6 Å². The normalized spacial score (nSPS) is 12.6. The third kappa shape index (κ3) is 1.84. The lowest BCUT2D eigenvalue weighted by Gasteiger charge is -2.08. The zero-order chi connectivity index (χ0) is 11.7. The largest absolute Gasteiger partial charge is 0.476 e. The smallest absolute Gasteiger partial charge is 0.356 e. The van der Waals surface area contributed by atoms with Crippen LogP contribution >= 0.6 is 12.6 Å². The highest BCUT2D eigenvalue weighted by Gasteiger charge is 2.19. The van der Waals surface area contributed by atoms with Gasteiger partial charge >= 0.3 is 5.97 Å². The molecular formula is C10H10N2O3S. The Labute approximate surface area is 96.6 Å². The lowest BCUT2D eigenvalue weighted by atomic mass is 10.2. The molecule has 1 aromatic carbocycles. The zero-order valence-electron chi connectivity index (χ0n) is 8.18. The Bertz CT molecular complexity index is 536. The fraction of sp³-hybridized carbons (Fsp3) is 0.100. The van der Waals surface area contributed by atoms with Gasteiger partial charge in [-0.25, -0.2) is 4.79 Å². The summed E-state index contributed by atoms with van der Waals surface area (Å²) in [6.07, 6.45) is 0. The number of H-pyrrole nitrogens is 1. The van der Waals surface area contributed by atoms with Crippen LogP contribution in [0.2, 0.25) is 0 Å². The molecule has 2 rings (SSSR count). The number of hydrogen-bond donors (Lipinski definition) is 4. The van der Waals surface area contributed by atoms with Crippen molar-refractivity contribution in [3.8, 4) is 5.75 Å². The van der Waals surface area contributed by atoms with Gasteiger partial charge in [-0.2, -0.15) is 0 Å². The molecule has 1 heterocycles. The van der Waals surface area contributed by atoms with E-state index in [1.165, 1.54) is 0 Å². The average molecular weight is 238 g/mol. The van der Waals surface area contributed by atoms with Gasteiger partial charge in [0, 0.05) is 10.9 Å². The molecule has 0 amide bonds. The number of hydrogen-bond acceptors (Lipinski definition) is 4. The van der Waals surface area contributed by atoms with E-state index in [0.717, 1.165) is 0 Å². The Kier molecular flexibility index (Phi) is 2.76. The van der Waals surface area contributed by atoms with Crippen molar-refractivity contribution in [1.29, 1.82) is 0 Å². The Hall–Kier alpha value is -1.66. The van der Waals surface area contributed by atoms with Crippen LogP contribution in [0.15, 0.2) is 24.3 Å². The first-order valence-electron chi connectivity index (χ1n) is 4.54. The number of fused-ring (bicyclic) bond motifs is 1. The number of nitrogens with two attached hydrogens (primary N) is 1. The minimum Gasteiger partial charge on any atom is -0.476 e. The fourth-order valence-electron chi connectivity index (χ4n) is 1.51. The predicted molar refractivity (Wildman–Crippen MR) is 62.8 cm³/mol. The van der Waals surface area contributed by atoms with Crippen molar-refractivity contribution in [1.82, 2.24) is 4.98 Å². The molecule has 0 unspecified atom stereocenters. The summed E-state index contributed by atoms with van der Waals surface area (Å²) in [5, 5.41) is 9.67. The number of aromatic carboxylic acids is 1. The molecule has 84 valence electrons. The van der Waals surface area contributed by atoms with E-state index in [0.29, 0.717) is 10.9 Å². The number of nitrogens with one attached hydrogen (secondary N) is 1. The predicted octanol–water partition coefficient (Wildman–Crippen LogP) is 1.42. The second kappa shape index (κ2) is 4.07. The van der Waals surface area contributed by atoms with E-state index in [9.17, 15) is 4.79 Å². The molecule has 0 saturated heterocycles. The van der Waals surface area contributed by atoms with Gasteiger partial charge in [-0.05, 0) is 12.1 Å². The van der Waals surface area contributed by atoms with Crippen LogP contribution in [0.5, 0.6) is 5.75 Å². The van der Waals surface area contributed by atoms with E-state index in [2.05, 4.69) is 17.6 Å². The van der Waals surface area contributed by atoms with Gasteiger partial charge in [0.2, 0.25) is 0 Å². The van der Waals surface area contributed by atoms with E-state index in [4.69, 9.17) is 15.6 Å². The molecule has 6 heteroatoms. The van der Waals surface area contributed by atoms with Gasteiger partial charge in [-0.1, -0.05) is 12.1 Å². The highest BCUT2D eigenvalue weighted by Crippen LogP contribution is 2.30. The summed E-state index contributed by atoms with van der Waals surface area (Å²) < 4.78 is 5.19. The number of thiol groups is 1. The molecule has 0 aliphatic rings. The molecule has 4 N–H and O–H groups in total. The third-order valence-electron chi connectivity index (χ3n) is 2.11. The number of aromatic amines is 1. The molecule has 5 nitrogen and oxygen atoms in total. The van der Waals surface area contributed by atoms with Crippen molar-refractivity contribution in [2.45, 2.75) is 5.56 Å². The Balaban J connectivity index is 2.64. The number of aromatic nitrogens is 1. The summed E-state index contributed by atoms with van der Waals surface area (Å²) in [6.45, 7) is 0. The molecule has 2 aromatic rings. The molecular weight excluding hydrogens is 228 g/mol. The lowest BCUT2D eigenvalue weighted by Crippen LogP contribution is -2.20. The summed E-state index contributed by atoms with van der Waals surface area (Å²) >= 11 is 3.87. The number of ether oxygens (including phenoxy) is 1. The topological polar surface area (TPSA) is 88.3 Å². The first-order chi connectivity index (χ1) is 7.59. The average Bonchev–Trinajstić information content (AvgIpc) is 2.57. The monoisotopic (exact) mass is 238 g/mol. The summed E-state index contributed by atoms with van der Waals surface area (Å²) in [5.41, 5.74) is 5.18. The standard InChI is InChI=1S/C10H10N2O3S/c11-10(16)15-8-5-3-1-2-4-6(5)12-7(8)9(13)14/h1-4,10,12,16H,11H2,(H,13,14)/t10-/m0/s1. The molecule has 0 saturated carbocycles. The lowest BCUT2D eigenvalue weighted by molar-refractivity contribution is 0.0686. The molecule has 1 aromatic heterocycles. The first-order valence-corrected chi connectivity index (χ1v) is 5.05. The second-order valence-electron chi connectivity index (χ2n) is 3.19. The maximum absolute atomic E-state index is 11.0. The first kappa shape index (κ1) is 10.8. The maximum Gasteiger partial charge on any atom is 0.356 e. The molecule has 0 bridgehead atoms. The summed E-state index contributed by atoms with van der Waals surface area (Å²) in [7, 11) is 0. The Morgan fingerprint density at radius 3 is 2.81 bits per heavy atom. The SMILES string of the molecule is N[C@H](S)Oc1c(C(=O)O)[nH]c2ccccc12.